The molecule has 2 amide bonds. The molecule has 6 nitrogen and oxygen atoms in total. The Morgan fingerprint density at radius 2 is 2.17 bits per heavy atom. The van der Waals surface area contributed by atoms with Gasteiger partial charge in [-0.2, -0.15) is 0 Å². The summed E-state index contributed by atoms with van der Waals surface area (Å²) in [4.78, 5) is 16.5. The topological polar surface area (TPSA) is 75.3 Å². The van der Waals surface area contributed by atoms with Gasteiger partial charge in [-0.3, -0.25) is 4.98 Å². The molecule has 2 heterocycles. The van der Waals surface area contributed by atoms with Gasteiger partial charge in [0.05, 0.1) is 24.2 Å². The Kier molecular flexibility index (Phi) is 5.30. The lowest BCUT2D eigenvalue weighted by atomic mass is 10.1. The van der Waals surface area contributed by atoms with Crippen LogP contribution in [0.15, 0.2) is 36.5 Å². The predicted molar refractivity (Wildman–Crippen MR) is 94.6 cm³/mol. The van der Waals surface area contributed by atoms with Gasteiger partial charge in [0.1, 0.15) is 6.10 Å². The van der Waals surface area contributed by atoms with Gasteiger partial charge in [0.15, 0.2) is 0 Å². The van der Waals surface area contributed by atoms with Crippen LogP contribution in [0.25, 0.3) is 0 Å². The zero-order valence-electron chi connectivity index (χ0n) is 13.3. The molecule has 0 saturated carbocycles. The molecule has 7 heteroatoms. The van der Waals surface area contributed by atoms with E-state index in [-0.39, 0.29) is 12.1 Å². The molecule has 1 saturated heterocycles. The number of anilines is 2. The zero-order valence-corrected chi connectivity index (χ0v) is 14.1. The standard InChI is InChI=1S/C17H19ClN4O2/c1-11-7-14(9-20-16(11)15-10-19-5-6-24-15)22-17(23)21-13-4-2-3-12(18)8-13/h2-4,7-9,15,19H,5-6,10H2,1H3,(H2,21,22,23)/t15-/m0/s1. The number of rotatable bonds is 3. The summed E-state index contributed by atoms with van der Waals surface area (Å²) in [6, 6.07) is 8.52. The van der Waals surface area contributed by atoms with Crippen molar-refractivity contribution in [3.05, 3.63) is 52.8 Å². The van der Waals surface area contributed by atoms with E-state index in [0.717, 1.165) is 24.3 Å². The summed E-state index contributed by atoms with van der Waals surface area (Å²) < 4.78 is 5.72. The molecule has 0 bridgehead atoms. The monoisotopic (exact) mass is 346 g/mol. The third-order valence-corrected chi connectivity index (χ3v) is 3.93. The smallest absolute Gasteiger partial charge is 0.323 e. The number of pyridine rings is 1. The molecule has 24 heavy (non-hydrogen) atoms. The van der Waals surface area contributed by atoms with E-state index in [1.54, 1.807) is 30.5 Å². The molecule has 0 radical (unpaired) electrons. The average Bonchev–Trinajstić information content (AvgIpc) is 2.55. The van der Waals surface area contributed by atoms with E-state index in [2.05, 4.69) is 20.9 Å². The molecule has 1 aromatic heterocycles. The van der Waals surface area contributed by atoms with E-state index in [1.807, 2.05) is 13.0 Å². The van der Waals surface area contributed by atoms with Gasteiger partial charge < -0.3 is 20.7 Å². The molecule has 1 aliphatic heterocycles. The summed E-state index contributed by atoms with van der Waals surface area (Å²) >= 11 is 5.90. The number of nitrogens with one attached hydrogen (secondary N) is 3. The number of nitrogens with zero attached hydrogens (tertiary/aromatic N) is 1. The fourth-order valence-electron chi connectivity index (χ4n) is 2.59. The highest BCUT2D eigenvalue weighted by atomic mass is 35.5. The Bertz CT molecular complexity index is 732. The second-order valence-electron chi connectivity index (χ2n) is 5.58. The van der Waals surface area contributed by atoms with Gasteiger partial charge in [-0.05, 0) is 36.8 Å². The Morgan fingerprint density at radius 1 is 1.33 bits per heavy atom. The van der Waals surface area contributed by atoms with Gasteiger partial charge in [-0.15, -0.1) is 0 Å². The first-order valence-electron chi connectivity index (χ1n) is 7.74. The van der Waals surface area contributed by atoms with Crippen LogP contribution in [0.3, 0.4) is 0 Å². The summed E-state index contributed by atoms with van der Waals surface area (Å²) in [5, 5.41) is 9.35. The van der Waals surface area contributed by atoms with Crippen molar-refractivity contribution in [2.24, 2.45) is 0 Å². The van der Waals surface area contributed by atoms with Crippen molar-refractivity contribution in [2.45, 2.75) is 13.0 Å². The van der Waals surface area contributed by atoms with Crippen LogP contribution in [0, 0.1) is 6.92 Å². The number of amides is 2. The molecular weight excluding hydrogens is 328 g/mol. The minimum atomic E-state index is -0.346. The quantitative estimate of drug-likeness (QED) is 0.796. The van der Waals surface area contributed by atoms with E-state index in [9.17, 15) is 4.79 Å². The molecule has 2 aromatic rings. The number of halogens is 1. The second kappa shape index (κ2) is 7.61. The number of carbonyl (C=O) groups excluding carboxylic acids is 1. The first-order valence-corrected chi connectivity index (χ1v) is 8.12. The van der Waals surface area contributed by atoms with Crippen LogP contribution in [0.5, 0.6) is 0 Å². The Hall–Kier alpha value is -2.15. The third-order valence-electron chi connectivity index (χ3n) is 3.69. The number of morpholine rings is 1. The van der Waals surface area contributed by atoms with Crippen LogP contribution in [0.2, 0.25) is 5.02 Å². The van der Waals surface area contributed by atoms with Crippen molar-refractivity contribution < 1.29 is 9.53 Å². The summed E-state index contributed by atoms with van der Waals surface area (Å²) in [6.45, 7) is 4.24. The normalized spacial score (nSPS) is 17.3. The lowest BCUT2D eigenvalue weighted by Gasteiger charge is -2.24. The van der Waals surface area contributed by atoms with Crippen molar-refractivity contribution >= 4 is 29.0 Å². The number of carbonyl (C=O) groups is 1. The number of aromatic nitrogens is 1. The first kappa shape index (κ1) is 16.7. The van der Waals surface area contributed by atoms with Gasteiger partial charge in [-0.25, -0.2) is 4.79 Å². The van der Waals surface area contributed by atoms with Crippen molar-refractivity contribution in [3.8, 4) is 0 Å². The van der Waals surface area contributed by atoms with Crippen LogP contribution >= 0.6 is 11.6 Å². The maximum absolute atomic E-state index is 12.1. The molecule has 1 aromatic carbocycles. The summed E-state index contributed by atoms with van der Waals surface area (Å²) in [5.74, 6) is 0. The number of urea groups is 1. The molecule has 1 atom stereocenters. The largest absolute Gasteiger partial charge is 0.369 e. The average molecular weight is 347 g/mol. The van der Waals surface area contributed by atoms with Crippen LogP contribution in [-0.2, 0) is 4.74 Å². The minimum absolute atomic E-state index is 0.0481. The summed E-state index contributed by atoms with van der Waals surface area (Å²) in [7, 11) is 0. The van der Waals surface area contributed by atoms with Gasteiger partial charge in [0, 0.05) is 23.8 Å². The lowest BCUT2D eigenvalue weighted by molar-refractivity contribution is 0.0246. The van der Waals surface area contributed by atoms with E-state index in [4.69, 9.17) is 16.3 Å². The zero-order chi connectivity index (χ0) is 16.9. The van der Waals surface area contributed by atoms with Crippen molar-refractivity contribution in [1.82, 2.24) is 10.3 Å². The molecule has 0 aliphatic carbocycles. The van der Waals surface area contributed by atoms with Gasteiger partial charge >= 0.3 is 6.03 Å². The van der Waals surface area contributed by atoms with Gasteiger partial charge in [-0.1, -0.05) is 17.7 Å². The molecule has 0 spiro atoms. The fourth-order valence-corrected chi connectivity index (χ4v) is 2.78. The van der Waals surface area contributed by atoms with E-state index >= 15 is 0 Å². The SMILES string of the molecule is Cc1cc(NC(=O)Nc2cccc(Cl)c2)cnc1[C@@H]1CNCCO1. The third kappa shape index (κ3) is 4.23. The van der Waals surface area contributed by atoms with E-state index < -0.39 is 0 Å². The molecule has 3 N–H and O–H groups in total. The Labute approximate surface area is 145 Å². The van der Waals surface area contributed by atoms with E-state index in [1.165, 1.54) is 0 Å². The Morgan fingerprint density at radius 3 is 2.88 bits per heavy atom. The van der Waals surface area contributed by atoms with Crippen LogP contribution < -0.4 is 16.0 Å². The highest BCUT2D eigenvalue weighted by Gasteiger charge is 2.19. The van der Waals surface area contributed by atoms with Crippen LogP contribution in [0.4, 0.5) is 16.2 Å². The molecule has 1 fully saturated rings. The maximum Gasteiger partial charge on any atom is 0.323 e. The number of ether oxygens (including phenoxy) is 1. The van der Waals surface area contributed by atoms with Gasteiger partial charge in [0.25, 0.3) is 0 Å². The molecule has 1 aliphatic rings. The van der Waals surface area contributed by atoms with Crippen LogP contribution in [0.1, 0.15) is 17.4 Å². The highest BCUT2D eigenvalue weighted by Crippen LogP contribution is 2.22. The van der Waals surface area contributed by atoms with Gasteiger partial charge in [0.2, 0.25) is 0 Å². The molecule has 0 unspecified atom stereocenters. The number of hydrogen-bond donors (Lipinski definition) is 3. The molecule has 3 rings (SSSR count). The Balaban J connectivity index is 1.64. The second-order valence-corrected chi connectivity index (χ2v) is 6.02. The molecule has 126 valence electrons. The van der Waals surface area contributed by atoms with Crippen molar-refractivity contribution in [2.75, 3.05) is 30.3 Å². The number of hydrogen-bond acceptors (Lipinski definition) is 4. The lowest BCUT2D eigenvalue weighted by Crippen LogP contribution is -2.34. The predicted octanol–water partition coefficient (Wildman–Crippen LogP) is 3.35. The summed E-state index contributed by atoms with van der Waals surface area (Å²) in [6.07, 6.45) is 1.59. The van der Waals surface area contributed by atoms with Crippen molar-refractivity contribution in [3.63, 3.8) is 0 Å². The van der Waals surface area contributed by atoms with Crippen molar-refractivity contribution in [1.29, 1.82) is 0 Å². The number of benzene rings is 1. The fraction of sp³-hybridized carbons (Fsp3) is 0.294. The van der Waals surface area contributed by atoms with E-state index in [0.29, 0.717) is 23.0 Å². The summed E-state index contributed by atoms with van der Waals surface area (Å²) in [5.41, 5.74) is 3.12. The number of aryl methyl sites for hydroxylation is 1. The highest BCUT2D eigenvalue weighted by molar-refractivity contribution is 6.30. The maximum atomic E-state index is 12.1. The minimum Gasteiger partial charge on any atom is -0.369 e. The first-order chi connectivity index (χ1) is 11.6. The van der Waals surface area contributed by atoms with Crippen LogP contribution in [-0.4, -0.2) is 30.7 Å². The molecular formula is C17H19ClN4O2.